The Morgan fingerprint density at radius 2 is 1.91 bits per heavy atom. The van der Waals surface area contributed by atoms with Crippen LogP contribution in [0.4, 0.5) is 4.79 Å². The normalized spacial score (nSPS) is 30.3. The molecule has 2 heterocycles. The van der Waals surface area contributed by atoms with Gasteiger partial charge in [0.05, 0.1) is 11.2 Å². The SMILES string of the molecule is CC(C)(C)OC(=O)N1CCCC(NC2CC(C)(C)OC2(C)C)C1. The van der Waals surface area contributed by atoms with Crippen LogP contribution in [0.2, 0.25) is 0 Å². The third-order valence-electron chi connectivity index (χ3n) is 4.58. The Morgan fingerprint density at radius 3 is 2.43 bits per heavy atom. The molecular formula is C18H34N2O3. The third kappa shape index (κ3) is 5.08. The second kappa shape index (κ2) is 6.25. The van der Waals surface area contributed by atoms with Gasteiger partial charge < -0.3 is 19.7 Å². The molecule has 0 aromatic heterocycles. The van der Waals surface area contributed by atoms with E-state index in [1.54, 1.807) is 0 Å². The Morgan fingerprint density at radius 1 is 1.26 bits per heavy atom. The lowest BCUT2D eigenvalue weighted by Crippen LogP contribution is -2.55. The van der Waals surface area contributed by atoms with Crippen molar-refractivity contribution in [2.45, 2.75) is 96.6 Å². The van der Waals surface area contributed by atoms with Gasteiger partial charge in [-0.2, -0.15) is 0 Å². The summed E-state index contributed by atoms with van der Waals surface area (Å²) in [6.45, 7) is 15.8. The monoisotopic (exact) mass is 326 g/mol. The topological polar surface area (TPSA) is 50.8 Å². The molecule has 0 aliphatic carbocycles. The molecule has 0 aromatic rings. The van der Waals surface area contributed by atoms with Crippen molar-refractivity contribution in [1.29, 1.82) is 0 Å². The van der Waals surface area contributed by atoms with Crippen LogP contribution in [0.1, 0.15) is 67.7 Å². The second-order valence-corrected chi connectivity index (χ2v) is 9.15. The highest BCUT2D eigenvalue weighted by molar-refractivity contribution is 5.68. The van der Waals surface area contributed by atoms with E-state index in [4.69, 9.17) is 9.47 Å². The Bertz CT molecular complexity index is 440. The minimum atomic E-state index is -0.442. The van der Waals surface area contributed by atoms with Crippen LogP contribution in [0.25, 0.3) is 0 Å². The lowest BCUT2D eigenvalue weighted by Gasteiger charge is -2.37. The molecule has 0 bridgehead atoms. The maximum Gasteiger partial charge on any atom is 0.410 e. The van der Waals surface area contributed by atoms with Crippen LogP contribution >= 0.6 is 0 Å². The van der Waals surface area contributed by atoms with E-state index in [-0.39, 0.29) is 17.3 Å². The number of piperidine rings is 1. The fourth-order valence-corrected chi connectivity index (χ4v) is 3.71. The lowest BCUT2D eigenvalue weighted by molar-refractivity contribution is -0.0708. The summed E-state index contributed by atoms with van der Waals surface area (Å²) >= 11 is 0. The molecule has 5 nitrogen and oxygen atoms in total. The van der Waals surface area contributed by atoms with E-state index < -0.39 is 5.60 Å². The van der Waals surface area contributed by atoms with Crippen molar-refractivity contribution in [3.05, 3.63) is 0 Å². The molecule has 2 aliphatic rings. The first-order valence-electron chi connectivity index (χ1n) is 8.82. The predicted molar refractivity (Wildman–Crippen MR) is 91.6 cm³/mol. The summed E-state index contributed by atoms with van der Waals surface area (Å²) in [4.78, 5) is 14.1. The van der Waals surface area contributed by atoms with Gasteiger partial charge in [-0.3, -0.25) is 0 Å². The van der Waals surface area contributed by atoms with Gasteiger partial charge in [-0.1, -0.05) is 0 Å². The van der Waals surface area contributed by atoms with E-state index in [0.29, 0.717) is 18.6 Å². The lowest BCUT2D eigenvalue weighted by atomic mass is 9.92. The number of ether oxygens (including phenoxy) is 2. The first-order valence-corrected chi connectivity index (χ1v) is 8.82. The zero-order valence-electron chi connectivity index (χ0n) is 15.9. The number of amides is 1. The molecule has 1 amide bonds. The van der Waals surface area contributed by atoms with Gasteiger partial charge in [0.2, 0.25) is 0 Å². The molecule has 2 rings (SSSR count). The van der Waals surface area contributed by atoms with Gasteiger partial charge in [-0.25, -0.2) is 4.79 Å². The van der Waals surface area contributed by atoms with Crippen molar-refractivity contribution in [2.75, 3.05) is 13.1 Å². The van der Waals surface area contributed by atoms with Gasteiger partial charge in [-0.15, -0.1) is 0 Å². The Hall–Kier alpha value is -0.810. The quantitative estimate of drug-likeness (QED) is 0.846. The van der Waals surface area contributed by atoms with Gasteiger partial charge in [0, 0.05) is 25.2 Å². The van der Waals surface area contributed by atoms with Gasteiger partial charge in [0.25, 0.3) is 0 Å². The number of hydrogen-bond acceptors (Lipinski definition) is 4. The molecule has 2 atom stereocenters. The third-order valence-corrected chi connectivity index (χ3v) is 4.58. The molecule has 2 unspecified atom stereocenters. The Kier molecular flexibility index (Phi) is 5.03. The number of likely N-dealkylation sites (tertiary alicyclic amines) is 1. The van der Waals surface area contributed by atoms with Gasteiger partial charge in [0.15, 0.2) is 0 Å². The van der Waals surface area contributed by atoms with E-state index in [9.17, 15) is 4.79 Å². The van der Waals surface area contributed by atoms with E-state index in [1.807, 2.05) is 25.7 Å². The summed E-state index contributed by atoms with van der Waals surface area (Å²) in [5.41, 5.74) is -0.721. The van der Waals surface area contributed by atoms with Gasteiger partial charge in [-0.05, 0) is 67.7 Å². The summed E-state index contributed by atoms with van der Waals surface area (Å²) < 4.78 is 11.7. The molecule has 134 valence electrons. The number of hydrogen-bond donors (Lipinski definition) is 1. The number of rotatable bonds is 2. The molecule has 0 saturated carbocycles. The summed E-state index contributed by atoms with van der Waals surface area (Å²) in [6.07, 6.45) is 2.88. The van der Waals surface area contributed by atoms with Crippen LogP contribution in [-0.2, 0) is 9.47 Å². The molecule has 2 aliphatic heterocycles. The minimum Gasteiger partial charge on any atom is -0.444 e. The van der Waals surface area contributed by atoms with Crippen LogP contribution in [0.5, 0.6) is 0 Å². The van der Waals surface area contributed by atoms with E-state index in [1.165, 1.54) is 0 Å². The second-order valence-electron chi connectivity index (χ2n) is 9.15. The minimum absolute atomic E-state index is 0.0965. The van der Waals surface area contributed by atoms with Crippen LogP contribution in [-0.4, -0.2) is 53.0 Å². The van der Waals surface area contributed by atoms with Crippen molar-refractivity contribution in [1.82, 2.24) is 10.2 Å². The van der Waals surface area contributed by atoms with Crippen LogP contribution < -0.4 is 5.32 Å². The average Bonchev–Trinajstić information content (AvgIpc) is 2.55. The molecule has 5 heteroatoms. The van der Waals surface area contributed by atoms with E-state index in [0.717, 1.165) is 25.8 Å². The highest BCUT2D eigenvalue weighted by Gasteiger charge is 2.46. The number of nitrogens with zero attached hydrogens (tertiary/aromatic N) is 1. The molecule has 2 saturated heterocycles. The number of nitrogens with one attached hydrogen (secondary N) is 1. The Labute approximate surface area is 141 Å². The zero-order chi connectivity index (χ0) is 17.5. The summed E-state index contributed by atoms with van der Waals surface area (Å²) in [6, 6.07) is 0.610. The smallest absolute Gasteiger partial charge is 0.410 e. The van der Waals surface area contributed by atoms with Crippen molar-refractivity contribution in [3.8, 4) is 0 Å². The van der Waals surface area contributed by atoms with Gasteiger partial charge in [0.1, 0.15) is 5.60 Å². The number of carbonyl (C=O) groups excluding carboxylic acids is 1. The molecule has 0 aromatic carbocycles. The number of carbonyl (C=O) groups is 1. The highest BCUT2D eigenvalue weighted by atomic mass is 16.6. The summed E-state index contributed by atoms with van der Waals surface area (Å²) in [5, 5.41) is 3.74. The molecule has 0 spiro atoms. The fraction of sp³-hybridized carbons (Fsp3) is 0.944. The van der Waals surface area contributed by atoms with Crippen molar-refractivity contribution < 1.29 is 14.3 Å². The maximum atomic E-state index is 12.3. The van der Waals surface area contributed by atoms with Crippen LogP contribution in [0.15, 0.2) is 0 Å². The first-order chi connectivity index (χ1) is 10.4. The predicted octanol–water partition coefficient (Wildman–Crippen LogP) is 3.32. The fourth-order valence-electron chi connectivity index (χ4n) is 3.71. The molecule has 0 radical (unpaired) electrons. The van der Waals surface area contributed by atoms with E-state index in [2.05, 4.69) is 33.0 Å². The van der Waals surface area contributed by atoms with Crippen LogP contribution in [0, 0.1) is 0 Å². The zero-order valence-corrected chi connectivity index (χ0v) is 15.9. The molecule has 23 heavy (non-hydrogen) atoms. The standard InChI is InChI=1S/C18H34N2O3/c1-16(2,3)22-15(21)20-10-8-9-13(12-20)19-14-11-17(4,5)23-18(14,6)7/h13-14,19H,8-12H2,1-7H3. The van der Waals surface area contributed by atoms with Crippen LogP contribution in [0.3, 0.4) is 0 Å². The average molecular weight is 326 g/mol. The van der Waals surface area contributed by atoms with Gasteiger partial charge >= 0.3 is 6.09 Å². The summed E-state index contributed by atoms with van der Waals surface area (Å²) in [7, 11) is 0. The summed E-state index contributed by atoms with van der Waals surface area (Å²) in [5.74, 6) is 0. The molecule has 1 N–H and O–H groups in total. The Balaban J connectivity index is 1.93. The first kappa shape index (κ1) is 18.5. The van der Waals surface area contributed by atoms with Crippen molar-refractivity contribution in [2.24, 2.45) is 0 Å². The van der Waals surface area contributed by atoms with Crippen molar-refractivity contribution in [3.63, 3.8) is 0 Å². The van der Waals surface area contributed by atoms with Crippen molar-refractivity contribution >= 4 is 6.09 Å². The van der Waals surface area contributed by atoms with E-state index >= 15 is 0 Å². The molecule has 2 fully saturated rings. The maximum absolute atomic E-state index is 12.3. The largest absolute Gasteiger partial charge is 0.444 e. The highest BCUT2D eigenvalue weighted by Crippen LogP contribution is 2.37. The molecular weight excluding hydrogens is 292 g/mol.